The highest BCUT2D eigenvalue weighted by atomic mass is 16.4. The molecule has 1 saturated heterocycles. The number of carbonyl (C=O) groups excluding carboxylic acids is 1. The third kappa shape index (κ3) is 2.09. The van der Waals surface area contributed by atoms with Crippen LogP contribution in [-0.2, 0) is 17.6 Å². The molecular formula is C16H19NO3. The van der Waals surface area contributed by atoms with Crippen LogP contribution >= 0.6 is 0 Å². The summed E-state index contributed by atoms with van der Waals surface area (Å²) >= 11 is 0. The van der Waals surface area contributed by atoms with Gasteiger partial charge in [0.1, 0.15) is 0 Å². The lowest BCUT2D eigenvalue weighted by molar-refractivity contribution is -0.147. The quantitative estimate of drug-likeness (QED) is 0.898. The lowest BCUT2D eigenvalue weighted by Gasteiger charge is -2.20. The summed E-state index contributed by atoms with van der Waals surface area (Å²) in [5.74, 6) is -0.855. The first-order valence-corrected chi connectivity index (χ1v) is 7.14. The molecule has 2 aliphatic rings. The van der Waals surface area contributed by atoms with Crippen LogP contribution in [0.15, 0.2) is 18.2 Å². The van der Waals surface area contributed by atoms with Gasteiger partial charge in [-0.1, -0.05) is 6.07 Å². The molecule has 0 saturated carbocycles. The van der Waals surface area contributed by atoms with Crippen LogP contribution in [0.5, 0.6) is 0 Å². The van der Waals surface area contributed by atoms with Crippen LogP contribution in [0.3, 0.4) is 0 Å². The number of carboxylic acid groups (broad SMARTS) is 1. The smallest absolute Gasteiger partial charge is 0.311 e. The van der Waals surface area contributed by atoms with Crippen molar-refractivity contribution in [1.29, 1.82) is 0 Å². The van der Waals surface area contributed by atoms with E-state index in [4.69, 9.17) is 0 Å². The molecule has 1 aliphatic heterocycles. The van der Waals surface area contributed by atoms with Gasteiger partial charge in [-0.3, -0.25) is 9.59 Å². The fourth-order valence-electron chi connectivity index (χ4n) is 3.20. The van der Waals surface area contributed by atoms with Crippen LogP contribution in [0, 0.1) is 5.41 Å². The number of aliphatic carboxylic acids is 1. The molecule has 0 unspecified atom stereocenters. The van der Waals surface area contributed by atoms with Crippen LogP contribution in [0.2, 0.25) is 0 Å². The Labute approximate surface area is 118 Å². The molecule has 0 radical (unpaired) electrons. The number of fused-ring (bicyclic) bond motifs is 1. The molecule has 3 rings (SSSR count). The Hall–Kier alpha value is -1.84. The second kappa shape index (κ2) is 4.62. The third-order valence-electron chi connectivity index (χ3n) is 4.62. The average Bonchev–Trinajstić information content (AvgIpc) is 3.04. The van der Waals surface area contributed by atoms with Crippen LogP contribution in [0.4, 0.5) is 0 Å². The van der Waals surface area contributed by atoms with E-state index in [-0.39, 0.29) is 5.91 Å². The zero-order valence-corrected chi connectivity index (χ0v) is 11.7. The molecule has 1 fully saturated rings. The van der Waals surface area contributed by atoms with Crippen molar-refractivity contribution >= 4 is 11.9 Å². The van der Waals surface area contributed by atoms with E-state index < -0.39 is 11.4 Å². The summed E-state index contributed by atoms with van der Waals surface area (Å²) in [6.07, 6.45) is 3.83. The minimum atomic E-state index is -0.818. The highest BCUT2D eigenvalue weighted by Crippen LogP contribution is 2.31. The van der Waals surface area contributed by atoms with Crippen molar-refractivity contribution < 1.29 is 14.7 Å². The molecule has 1 aromatic carbocycles. The summed E-state index contributed by atoms with van der Waals surface area (Å²) in [5, 5.41) is 9.23. The van der Waals surface area contributed by atoms with Crippen molar-refractivity contribution in [2.75, 3.05) is 13.1 Å². The maximum absolute atomic E-state index is 12.5. The summed E-state index contributed by atoms with van der Waals surface area (Å²) in [7, 11) is 0. The Morgan fingerprint density at radius 2 is 2.00 bits per heavy atom. The summed E-state index contributed by atoms with van der Waals surface area (Å²) in [4.78, 5) is 25.4. The molecule has 0 spiro atoms. The van der Waals surface area contributed by atoms with Gasteiger partial charge in [0.2, 0.25) is 0 Å². The van der Waals surface area contributed by atoms with Gasteiger partial charge in [0, 0.05) is 18.7 Å². The van der Waals surface area contributed by atoms with E-state index in [2.05, 4.69) is 0 Å². The molecule has 20 heavy (non-hydrogen) atoms. The Kier molecular flexibility index (Phi) is 3.04. The lowest BCUT2D eigenvalue weighted by Crippen LogP contribution is -2.34. The fraction of sp³-hybridized carbons (Fsp3) is 0.500. The van der Waals surface area contributed by atoms with Gasteiger partial charge in [0.25, 0.3) is 5.91 Å². The maximum atomic E-state index is 12.5. The van der Waals surface area contributed by atoms with Gasteiger partial charge in [0.15, 0.2) is 0 Å². The third-order valence-corrected chi connectivity index (χ3v) is 4.62. The van der Waals surface area contributed by atoms with Crippen LogP contribution in [0.25, 0.3) is 0 Å². The van der Waals surface area contributed by atoms with E-state index in [1.807, 2.05) is 18.2 Å². The predicted molar refractivity (Wildman–Crippen MR) is 74.7 cm³/mol. The molecule has 4 heteroatoms. The molecule has 1 N–H and O–H groups in total. The van der Waals surface area contributed by atoms with Crippen molar-refractivity contribution in [3.05, 3.63) is 34.9 Å². The number of carboxylic acids is 1. The molecule has 4 nitrogen and oxygen atoms in total. The normalized spacial score (nSPS) is 24.8. The first kappa shape index (κ1) is 13.2. The van der Waals surface area contributed by atoms with Gasteiger partial charge in [-0.05, 0) is 55.9 Å². The van der Waals surface area contributed by atoms with Gasteiger partial charge in [-0.15, -0.1) is 0 Å². The zero-order valence-electron chi connectivity index (χ0n) is 11.7. The van der Waals surface area contributed by atoms with Gasteiger partial charge in [-0.2, -0.15) is 0 Å². The Morgan fingerprint density at radius 1 is 1.25 bits per heavy atom. The van der Waals surface area contributed by atoms with E-state index in [9.17, 15) is 14.7 Å². The number of likely N-dealkylation sites (tertiary alicyclic amines) is 1. The molecule has 106 valence electrons. The van der Waals surface area contributed by atoms with Gasteiger partial charge in [0.05, 0.1) is 5.41 Å². The van der Waals surface area contributed by atoms with Crippen LogP contribution in [-0.4, -0.2) is 35.0 Å². The first-order chi connectivity index (χ1) is 9.49. The largest absolute Gasteiger partial charge is 0.481 e. The molecule has 1 atom stereocenters. The second-order valence-electron chi connectivity index (χ2n) is 6.18. The van der Waals surface area contributed by atoms with Gasteiger partial charge in [-0.25, -0.2) is 0 Å². The summed E-state index contributed by atoms with van der Waals surface area (Å²) in [5.41, 5.74) is 2.52. The van der Waals surface area contributed by atoms with Gasteiger partial charge >= 0.3 is 5.97 Å². The standard InChI is InChI=1S/C16H19NO3/c1-16(15(19)20)7-8-17(10-16)14(18)13-6-5-11-3-2-4-12(11)9-13/h5-6,9H,2-4,7-8,10H2,1H3,(H,19,20)/t16-/m0/s1. The molecule has 1 heterocycles. The Morgan fingerprint density at radius 3 is 2.70 bits per heavy atom. The van der Waals surface area contributed by atoms with Crippen LogP contribution < -0.4 is 0 Å². The molecule has 1 aromatic rings. The monoisotopic (exact) mass is 273 g/mol. The number of amides is 1. The topological polar surface area (TPSA) is 57.6 Å². The van der Waals surface area contributed by atoms with Crippen molar-refractivity contribution in [1.82, 2.24) is 4.90 Å². The number of carbonyl (C=O) groups is 2. The number of nitrogens with zero attached hydrogens (tertiary/aromatic N) is 1. The maximum Gasteiger partial charge on any atom is 0.311 e. The second-order valence-corrected chi connectivity index (χ2v) is 6.18. The highest BCUT2D eigenvalue weighted by molar-refractivity contribution is 5.95. The Bertz CT molecular complexity index is 581. The van der Waals surface area contributed by atoms with Gasteiger partial charge < -0.3 is 10.0 Å². The zero-order chi connectivity index (χ0) is 14.3. The molecule has 0 bridgehead atoms. The number of hydrogen-bond acceptors (Lipinski definition) is 2. The van der Waals surface area contributed by atoms with E-state index in [1.54, 1.807) is 11.8 Å². The van der Waals surface area contributed by atoms with E-state index >= 15 is 0 Å². The number of rotatable bonds is 2. The van der Waals surface area contributed by atoms with Crippen molar-refractivity contribution in [2.24, 2.45) is 5.41 Å². The number of benzene rings is 1. The molecule has 1 amide bonds. The minimum absolute atomic E-state index is 0.0373. The predicted octanol–water partition coefficient (Wildman–Crippen LogP) is 2.11. The van der Waals surface area contributed by atoms with E-state index in [0.717, 1.165) is 19.3 Å². The SMILES string of the molecule is C[C@]1(C(=O)O)CCN(C(=O)c2ccc3c(c2)CCC3)C1. The molecule has 0 aromatic heterocycles. The summed E-state index contributed by atoms with van der Waals surface area (Å²) in [6.45, 7) is 2.54. The first-order valence-electron chi connectivity index (χ1n) is 7.14. The van der Waals surface area contributed by atoms with Crippen molar-refractivity contribution in [3.8, 4) is 0 Å². The number of hydrogen-bond donors (Lipinski definition) is 1. The number of aryl methyl sites for hydroxylation is 2. The summed E-state index contributed by atoms with van der Waals surface area (Å²) < 4.78 is 0. The Balaban J connectivity index is 1.79. The van der Waals surface area contributed by atoms with Crippen molar-refractivity contribution in [2.45, 2.75) is 32.6 Å². The average molecular weight is 273 g/mol. The molecular weight excluding hydrogens is 254 g/mol. The lowest BCUT2D eigenvalue weighted by atomic mass is 9.90. The van der Waals surface area contributed by atoms with E-state index in [1.165, 1.54) is 11.1 Å². The van der Waals surface area contributed by atoms with E-state index in [0.29, 0.717) is 25.1 Å². The summed E-state index contributed by atoms with van der Waals surface area (Å²) in [6, 6.07) is 5.91. The minimum Gasteiger partial charge on any atom is -0.481 e. The van der Waals surface area contributed by atoms with Crippen molar-refractivity contribution in [3.63, 3.8) is 0 Å². The highest BCUT2D eigenvalue weighted by Gasteiger charge is 2.42. The fourth-order valence-corrected chi connectivity index (χ4v) is 3.20. The van der Waals surface area contributed by atoms with Crippen LogP contribution in [0.1, 0.15) is 41.3 Å². The molecule has 1 aliphatic carbocycles.